The maximum Gasteiger partial charge on any atom is 0.265 e. The summed E-state index contributed by atoms with van der Waals surface area (Å²) in [6.07, 6.45) is 4.24. The van der Waals surface area contributed by atoms with Gasteiger partial charge in [0.2, 0.25) is 0 Å². The van der Waals surface area contributed by atoms with Crippen molar-refractivity contribution in [2.75, 3.05) is 24.2 Å². The van der Waals surface area contributed by atoms with Crippen molar-refractivity contribution >= 4 is 28.2 Å². The van der Waals surface area contributed by atoms with Gasteiger partial charge in [0.25, 0.3) is 5.91 Å². The van der Waals surface area contributed by atoms with Crippen molar-refractivity contribution in [1.29, 1.82) is 0 Å². The lowest BCUT2D eigenvalue weighted by molar-refractivity contribution is 0.0940. The first kappa shape index (κ1) is 12.7. The van der Waals surface area contributed by atoms with Crippen LogP contribution in [0.3, 0.4) is 0 Å². The number of nitrogens with two attached hydrogens (primary N) is 1. The third kappa shape index (κ3) is 2.82. The monoisotopic (exact) mass is 282 g/mol. The van der Waals surface area contributed by atoms with Crippen LogP contribution in [0.5, 0.6) is 0 Å². The number of nitrogen functional groups attached to an aromatic ring is 1. The van der Waals surface area contributed by atoms with E-state index in [1.54, 1.807) is 0 Å². The molecule has 7 heteroatoms. The van der Waals surface area contributed by atoms with Crippen LogP contribution in [-0.4, -0.2) is 35.2 Å². The number of amides is 1. The molecule has 1 amide bonds. The first-order valence-corrected chi connectivity index (χ1v) is 7.35. The molecular weight excluding hydrogens is 264 g/mol. The molecule has 0 saturated heterocycles. The molecule has 2 saturated carbocycles. The van der Waals surface area contributed by atoms with Crippen LogP contribution in [0.2, 0.25) is 0 Å². The Hall–Kier alpha value is -1.34. The number of nitrogens with zero attached hydrogens (tertiary/aromatic N) is 1. The van der Waals surface area contributed by atoms with E-state index in [9.17, 15) is 9.90 Å². The lowest BCUT2D eigenvalue weighted by atomic mass is 10.1. The Morgan fingerprint density at radius 2 is 2.26 bits per heavy atom. The van der Waals surface area contributed by atoms with Gasteiger partial charge in [0.15, 0.2) is 5.13 Å². The number of aliphatic hydroxyl groups excluding tert-OH is 1. The summed E-state index contributed by atoms with van der Waals surface area (Å²) in [5.74, 6) is 0.0815. The van der Waals surface area contributed by atoms with Crippen molar-refractivity contribution in [2.24, 2.45) is 5.41 Å². The van der Waals surface area contributed by atoms with Crippen molar-refractivity contribution < 1.29 is 9.90 Å². The maximum atomic E-state index is 12.0. The van der Waals surface area contributed by atoms with Crippen LogP contribution >= 0.6 is 11.3 Å². The largest absolute Gasteiger partial charge is 0.396 e. The number of hydrogen-bond acceptors (Lipinski definition) is 6. The number of carbonyl (C=O) groups excluding carboxylic acids is 1. The standard InChI is InChI=1S/C12H18N4O2S/c13-9-8(19-11(16-9)15-7-1-2-7)10(18)14-5-12(6-17)3-4-12/h7,17H,1-6,13H2,(H,14,18)(H,15,16). The van der Waals surface area contributed by atoms with Gasteiger partial charge >= 0.3 is 0 Å². The second-order valence-corrected chi connectivity index (χ2v) is 6.49. The molecule has 0 radical (unpaired) electrons. The molecule has 0 spiro atoms. The summed E-state index contributed by atoms with van der Waals surface area (Å²) in [5.41, 5.74) is 5.68. The number of aliphatic hydroxyl groups is 1. The summed E-state index contributed by atoms with van der Waals surface area (Å²) < 4.78 is 0. The highest BCUT2D eigenvalue weighted by Gasteiger charge is 2.42. The molecule has 0 atom stereocenters. The minimum absolute atomic E-state index is 0.0931. The quantitative estimate of drug-likeness (QED) is 0.618. The summed E-state index contributed by atoms with van der Waals surface area (Å²) in [5, 5.41) is 16.0. The summed E-state index contributed by atoms with van der Waals surface area (Å²) >= 11 is 1.29. The second-order valence-electron chi connectivity index (χ2n) is 5.49. The van der Waals surface area contributed by atoms with Gasteiger partial charge in [-0.1, -0.05) is 11.3 Å². The van der Waals surface area contributed by atoms with Gasteiger partial charge in [-0.2, -0.15) is 0 Å². The first-order chi connectivity index (χ1) is 9.12. The topological polar surface area (TPSA) is 100 Å². The summed E-state index contributed by atoms with van der Waals surface area (Å²) in [6.45, 7) is 0.630. The van der Waals surface area contributed by atoms with Crippen LogP contribution in [0.4, 0.5) is 10.9 Å². The Labute approximate surface area is 115 Å². The van der Waals surface area contributed by atoms with Crippen LogP contribution in [0.25, 0.3) is 0 Å². The van der Waals surface area contributed by atoms with E-state index in [-0.39, 0.29) is 23.7 Å². The average Bonchev–Trinajstić information content (AvgIpc) is 3.29. The van der Waals surface area contributed by atoms with Crippen LogP contribution in [0, 0.1) is 5.41 Å². The Balaban J connectivity index is 1.60. The summed E-state index contributed by atoms with van der Waals surface area (Å²) in [4.78, 5) is 16.7. The van der Waals surface area contributed by atoms with Crippen molar-refractivity contribution in [3.63, 3.8) is 0 Å². The fraction of sp³-hybridized carbons (Fsp3) is 0.667. The molecular formula is C12H18N4O2S. The molecule has 1 aromatic heterocycles. The zero-order valence-electron chi connectivity index (χ0n) is 10.6. The van der Waals surface area contributed by atoms with Crippen LogP contribution in [-0.2, 0) is 0 Å². The maximum absolute atomic E-state index is 12.0. The van der Waals surface area contributed by atoms with Gasteiger partial charge in [0.05, 0.1) is 6.61 Å². The van der Waals surface area contributed by atoms with Gasteiger partial charge in [-0.15, -0.1) is 0 Å². The van der Waals surface area contributed by atoms with E-state index in [0.717, 1.165) is 25.7 Å². The number of carbonyl (C=O) groups is 1. The zero-order chi connectivity index (χ0) is 13.5. The molecule has 1 heterocycles. The van der Waals surface area contributed by atoms with Crippen molar-refractivity contribution in [3.05, 3.63) is 4.88 Å². The fourth-order valence-electron chi connectivity index (χ4n) is 1.87. The number of thiazole rings is 1. The first-order valence-electron chi connectivity index (χ1n) is 6.54. The van der Waals surface area contributed by atoms with Gasteiger partial charge in [-0.3, -0.25) is 4.79 Å². The average molecular weight is 282 g/mol. The normalized spacial score (nSPS) is 20.1. The van der Waals surface area contributed by atoms with Crippen molar-refractivity contribution in [2.45, 2.75) is 31.7 Å². The molecule has 0 aromatic carbocycles. The third-order valence-corrected chi connectivity index (χ3v) is 4.68. The van der Waals surface area contributed by atoms with Crippen molar-refractivity contribution in [1.82, 2.24) is 10.3 Å². The smallest absolute Gasteiger partial charge is 0.265 e. The number of hydrogen-bond donors (Lipinski definition) is 4. The predicted molar refractivity (Wildman–Crippen MR) is 74.3 cm³/mol. The van der Waals surface area contributed by atoms with Gasteiger partial charge < -0.3 is 21.5 Å². The van der Waals surface area contributed by atoms with Crippen molar-refractivity contribution in [3.8, 4) is 0 Å². The van der Waals surface area contributed by atoms with E-state index in [1.807, 2.05) is 0 Å². The van der Waals surface area contributed by atoms with Gasteiger partial charge in [0, 0.05) is 18.0 Å². The highest BCUT2D eigenvalue weighted by Crippen LogP contribution is 2.44. The van der Waals surface area contributed by atoms with Crippen LogP contribution < -0.4 is 16.4 Å². The Bertz CT molecular complexity index is 494. The molecule has 0 unspecified atom stereocenters. The number of rotatable bonds is 6. The minimum Gasteiger partial charge on any atom is -0.396 e. The molecule has 2 fully saturated rings. The number of nitrogens with one attached hydrogen (secondary N) is 2. The fourth-order valence-corrected chi connectivity index (χ4v) is 2.75. The van der Waals surface area contributed by atoms with E-state index in [1.165, 1.54) is 11.3 Å². The van der Waals surface area contributed by atoms with E-state index in [2.05, 4.69) is 15.6 Å². The highest BCUT2D eigenvalue weighted by atomic mass is 32.1. The molecule has 5 N–H and O–H groups in total. The predicted octanol–water partition coefficient (Wildman–Crippen LogP) is 0.802. The van der Waals surface area contributed by atoms with E-state index in [4.69, 9.17) is 5.73 Å². The molecule has 2 aliphatic rings. The third-order valence-electron chi connectivity index (χ3n) is 3.68. The van der Waals surface area contributed by atoms with Gasteiger partial charge in [-0.25, -0.2) is 4.98 Å². The van der Waals surface area contributed by atoms with E-state index >= 15 is 0 Å². The van der Waals surface area contributed by atoms with Crippen LogP contribution in [0.1, 0.15) is 35.4 Å². The molecule has 19 heavy (non-hydrogen) atoms. The Morgan fingerprint density at radius 3 is 2.84 bits per heavy atom. The molecule has 3 rings (SSSR count). The summed E-state index contributed by atoms with van der Waals surface area (Å²) in [6, 6.07) is 0.491. The Kier molecular flexibility index (Phi) is 3.10. The van der Waals surface area contributed by atoms with E-state index in [0.29, 0.717) is 22.6 Å². The summed E-state index contributed by atoms with van der Waals surface area (Å²) in [7, 11) is 0. The minimum atomic E-state index is -0.196. The molecule has 0 aliphatic heterocycles. The lowest BCUT2D eigenvalue weighted by Crippen LogP contribution is -2.31. The number of aromatic nitrogens is 1. The lowest BCUT2D eigenvalue weighted by Gasteiger charge is -2.11. The molecule has 2 aliphatic carbocycles. The van der Waals surface area contributed by atoms with Gasteiger partial charge in [-0.05, 0) is 25.7 Å². The second kappa shape index (κ2) is 4.64. The molecule has 0 bridgehead atoms. The SMILES string of the molecule is Nc1nc(NC2CC2)sc1C(=O)NCC1(CO)CC1. The van der Waals surface area contributed by atoms with Crippen LogP contribution in [0.15, 0.2) is 0 Å². The molecule has 6 nitrogen and oxygen atoms in total. The zero-order valence-corrected chi connectivity index (χ0v) is 11.4. The molecule has 104 valence electrons. The van der Waals surface area contributed by atoms with E-state index < -0.39 is 0 Å². The molecule has 1 aromatic rings. The highest BCUT2D eigenvalue weighted by molar-refractivity contribution is 7.18. The van der Waals surface area contributed by atoms with Gasteiger partial charge in [0.1, 0.15) is 10.7 Å². The Morgan fingerprint density at radius 1 is 1.53 bits per heavy atom. The number of anilines is 2.